The molecule has 140 valence electrons. The van der Waals surface area contributed by atoms with Crippen LogP contribution in [0.15, 0.2) is 23.3 Å². The van der Waals surface area contributed by atoms with Crippen LogP contribution in [0.2, 0.25) is 18.1 Å². The second-order valence-electron chi connectivity index (χ2n) is 9.39. The molecule has 3 heteroatoms. The molecule has 1 rings (SSSR count). The summed E-state index contributed by atoms with van der Waals surface area (Å²) in [6, 6.07) is 0. The fraction of sp³-hybridized carbons (Fsp3) is 0.810. The third-order valence-corrected chi connectivity index (χ3v) is 10.1. The first-order valence-corrected chi connectivity index (χ1v) is 12.6. The predicted octanol–water partition coefficient (Wildman–Crippen LogP) is 5.68. The van der Waals surface area contributed by atoms with Gasteiger partial charge in [-0.25, -0.2) is 0 Å². The van der Waals surface area contributed by atoms with Gasteiger partial charge < -0.3 is 9.90 Å². The zero-order valence-corrected chi connectivity index (χ0v) is 18.1. The second-order valence-corrected chi connectivity index (χ2v) is 13.9. The van der Waals surface area contributed by atoms with Gasteiger partial charge in [0.25, 0.3) is 0 Å². The van der Waals surface area contributed by atoms with E-state index in [1.165, 1.54) is 23.1 Å². The molecule has 0 aliphatic heterocycles. The molecule has 0 unspecified atom stereocenters. The Morgan fingerprint density at radius 2 is 1.92 bits per heavy atom. The first-order valence-electron chi connectivity index (χ1n) is 9.61. The highest BCUT2D eigenvalue weighted by molar-refractivity contribution is 6.72. The van der Waals surface area contributed by atoms with E-state index in [1.54, 1.807) is 0 Å². The Hall–Kier alpha value is -0.383. The minimum atomic E-state index is -2.15. The van der Waals surface area contributed by atoms with Gasteiger partial charge in [0, 0.05) is 12.5 Å². The average Bonchev–Trinajstić information content (AvgIpc) is 2.82. The van der Waals surface area contributed by atoms with Crippen molar-refractivity contribution in [1.82, 2.24) is 0 Å². The minimum absolute atomic E-state index is 0.0436. The van der Waals surface area contributed by atoms with E-state index in [1.807, 2.05) is 0 Å². The van der Waals surface area contributed by atoms with E-state index in [9.17, 15) is 9.90 Å². The van der Waals surface area contributed by atoms with E-state index in [0.29, 0.717) is 11.8 Å². The van der Waals surface area contributed by atoms with Crippen molar-refractivity contribution >= 4 is 8.32 Å². The van der Waals surface area contributed by atoms with Crippen molar-refractivity contribution < 1.29 is 9.90 Å². The van der Waals surface area contributed by atoms with Crippen LogP contribution in [0.25, 0.3) is 0 Å². The Morgan fingerprint density at radius 3 is 2.33 bits per heavy atom. The number of hydrogen-bond acceptors (Lipinski definition) is 2. The largest absolute Gasteiger partial charge is 0.432 e. The maximum absolute atomic E-state index is 10.6. The van der Waals surface area contributed by atoms with E-state index in [2.05, 4.69) is 54.3 Å². The summed E-state index contributed by atoms with van der Waals surface area (Å²) in [6.45, 7) is 19.9. The van der Waals surface area contributed by atoms with Gasteiger partial charge in [0.2, 0.25) is 0 Å². The number of allylic oxidation sites excluding steroid dienone is 2. The predicted molar refractivity (Wildman–Crippen MR) is 108 cm³/mol. The highest BCUT2D eigenvalue weighted by Gasteiger charge is 2.40. The molecule has 1 aliphatic rings. The zero-order valence-electron chi connectivity index (χ0n) is 17.1. The van der Waals surface area contributed by atoms with Crippen LogP contribution in [0.4, 0.5) is 0 Å². The SMILES string of the molecule is C=C1/C(=C(\C)CC[C@H](CC(C)(C)[Si](C)(C)O)C(C)C)CC[C@H]1CO. The van der Waals surface area contributed by atoms with Gasteiger partial charge >= 0.3 is 0 Å². The number of hydrogen-bond donors (Lipinski definition) is 2. The molecule has 0 aromatic carbocycles. The first-order chi connectivity index (χ1) is 10.9. The van der Waals surface area contributed by atoms with Gasteiger partial charge in [-0.05, 0) is 80.1 Å². The van der Waals surface area contributed by atoms with Crippen LogP contribution in [-0.4, -0.2) is 24.8 Å². The first kappa shape index (κ1) is 21.7. The lowest BCUT2D eigenvalue weighted by Crippen LogP contribution is -2.40. The molecule has 0 radical (unpaired) electrons. The molecule has 0 saturated heterocycles. The fourth-order valence-electron chi connectivity index (χ4n) is 3.72. The van der Waals surface area contributed by atoms with Gasteiger partial charge in [-0.15, -0.1) is 0 Å². The third kappa shape index (κ3) is 5.31. The molecular formula is C21H40O2Si. The Bertz CT molecular complexity index is 469. The topological polar surface area (TPSA) is 40.5 Å². The van der Waals surface area contributed by atoms with E-state index >= 15 is 0 Å². The van der Waals surface area contributed by atoms with Crippen LogP contribution < -0.4 is 0 Å². The molecule has 1 fully saturated rings. The molecule has 0 spiro atoms. The average molecular weight is 353 g/mol. The molecule has 1 aliphatic carbocycles. The van der Waals surface area contributed by atoms with Crippen molar-refractivity contribution in [2.24, 2.45) is 17.8 Å². The maximum atomic E-state index is 10.6. The molecule has 24 heavy (non-hydrogen) atoms. The smallest absolute Gasteiger partial charge is 0.188 e. The summed E-state index contributed by atoms with van der Waals surface area (Å²) in [6.07, 6.45) is 5.51. The molecule has 0 aromatic heterocycles. The molecule has 2 nitrogen and oxygen atoms in total. The molecule has 0 bridgehead atoms. The zero-order chi connectivity index (χ0) is 18.7. The molecule has 0 heterocycles. The lowest BCUT2D eigenvalue weighted by Gasteiger charge is -2.39. The van der Waals surface area contributed by atoms with Gasteiger partial charge in [0.05, 0.1) is 0 Å². The lowest BCUT2D eigenvalue weighted by atomic mass is 9.82. The second kappa shape index (κ2) is 8.33. The third-order valence-electron chi connectivity index (χ3n) is 6.62. The van der Waals surface area contributed by atoms with Crippen LogP contribution in [-0.2, 0) is 0 Å². The van der Waals surface area contributed by atoms with Gasteiger partial charge in [0.1, 0.15) is 0 Å². The van der Waals surface area contributed by atoms with Crippen LogP contribution in [0, 0.1) is 17.8 Å². The van der Waals surface area contributed by atoms with Crippen molar-refractivity contribution in [3.05, 3.63) is 23.3 Å². The summed E-state index contributed by atoms with van der Waals surface area (Å²) in [4.78, 5) is 10.6. The van der Waals surface area contributed by atoms with Crippen molar-refractivity contribution in [3.63, 3.8) is 0 Å². The Kier molecular flexibility index (Phi) is 7.52. The van der Waals surface area contributed by atoms with Crippen LogP contribution in [0.5, 0.6) is 0 Å². The molecular weight excluding hydrogens is 312 g/mol. The quantitative estimate of drug-likeness (QED) is 0.552. The highest BCUT2D eigenvalue weighted by Crippen LogP contribution is 2.45. The molecule has 0 aromatic rings. The summed E-state index contributed by atoms with van der Waals surface area (Å²) in [7, 11) is -2.15. The summed E-state index contributed by atoms with van der Waals surface area (Å²) in [5.74, 6) is 1.55. The molecule has 0 amide bonds. The van der Waals surface area contributed by atoms with Crippen molar-refractivity contribution in [1.29, 1.82) is 0 Å². The highest BCUT2D eigenvalue weighted by atomic mass is 28.4. The Labute approximate surface area is 151 Å². The van der Waals surface area contributed by atoms with Gasteiger partial charge in [-0.2, -0.15) is 0 Å². The van der Waals surface area contributed by atoms with E-state index in [-0.39, 0.29) is 17.6 Å². The summed E-state index contributed by atoms with van der Waals surface area (Å²) < 4.78 is 0. The summed E-state index contributed by atoms with van der Waals surface area (Å²) >= 11 is 0. The lowest BCUT2D eigenvalue weighted by molar-refractivity contribution is 0.249. The van der Waals surface area contributed by atoms with Crippen LogP contribution >= 0.6 is 0 Å². The van der Waals surface area contributed by atoms with Gasteiger partial charge in [-0.1, -0.05) is 39.8 Å². The summed E-state index contributed by atoms with van der Waals surface area (Å²) in [5.41, 5.74) is 4.04. The van der Waals surface area contributed by atoms with Crippen molar-refractivity contribution in [2.45, 2.75) is 84.9 Å². The minimum Gasteiger partial charge on any atom is -0.432 e. The number of rotatable bonds is 8. The Morgan fingerprint density at radius 1 is 1.33 bits per heavy atom. The van der Waals surface area contributed by atoms with E-state index < -0.39 is 8.32 Å². The van der Waals surface area contributed by atoms with Crippen LogP contribution in [0.1, 0.15) is 66.7 Å². The maximum Gasteiger partial charge on any atom is 0.188 e. The molecule has 2 atom stereocenters. The molecule has 1 saturated carbocycles. The van der Waals surface area contributed by atoms with Gasteiger partial charge in [0.15, 0.2) is 8.32 Å². The summed E-state index contributed by atoms with van der Waals surface area (Å²) in [5, 5.41) is 9.47. The standard InChI is InChI=1S/C21H40O2Si/c1-15(2)18(13-21(5,6)24(7,8)23)10-9-16(3)20-12-11-19(14-22)17(20)4/h15,18-19,22-23H,4,9-14H2,1-3,5-8H3/b20-16+/t18-,19+/m1/s1. The van der Waals surface area contributed by atoms with Crippen LogP contribution in [0.3, 0.4) is 0 Å². The van der Waals surface area contributed by atoms with E-state index in [4.69, 9.17) is 0 Å². The van der Waals surface area contributed by atoms with E-state index in [0.717, 1.165) is 25.7 Å². The van der Waals surface area contributed by atoms with Crippen molar-refractivity contribution in [3.8, 4) is 0 Å². The Balaban J connectivity index is 2.76. The van der Waals surface area contributed by atoms with Crippen molar-refractivity contribution in [2.75, 3.05) is 6.61 Å². The number of aliphatic hydroxyl groups excluding tert-OH is 1. The monoisotopic (exact) mass is 352 g/mol. The van der Waals surface area contributed by atoms with Gasteiger partial charge in [-0.3, -0.25) is 0 Å². The number of aliphatic hydroxyl groups is 1. The molecule has 2 N–H and O–H groups in total. The normalized spacial score (nSPS) is 23.1. The fourth-order valence-corrected chi connectivity index (χ4v) is 4.48.